The molecule has 0 saturated heterocycles. The van der Waals surface area contributed by atoms with Crippen molar-refractivity contribution < 1.29 is 14.8 Å². The van der Waals surface area contributed by atoms with Crippen LogP contribution in [-0.2, 0) is 11.3 Å². The standard InChI is InChI=1S/C13H20N4O4/c1-10-14-8-12(17(20)21)16(10)7-6-15(9-13(18)19)11-4-2-3-5-11/h8,11H,2-7,9H2,1H3,(H,18,19). The lowest BCUT2D eigenvalue weighted by atomic mass is 10.2. The molecule has 1 saturated carbocycles. The first-order valence-electron chi connectivity index (χ1n) is 7.11. The van der Waals surface area contributed by atoms with Crippen LogP contribution in [0.4, 0.5) is 5.82 Å². The highest BCUT2D eigenvalue weighted by Gasteiger charge is 2.26. The molecule has 1 fully saturated rings. The molecule has 0 aromatic carbocycles. The molecule has 2 rings (SSSR count). The SMILES string of the molecule is Cc1ncc([N+](=O)[O-])n1CCN(CC(=O)O)C1CCCC1. The van der Waals surface area contributed by atoms with Crippen LogP contribution in [-0.4, -0.2) is 49.6 Å². The molecule has 21 heavy (non-hydrogen) atoms. The van der Waals surface area contributed by atoms with Crippen LogP contribution in [0.1, 0.15) is 31.5 Å². The van der Waals surface area contributed by atoms with Gasteiger partial charge in [0.1, 0.15) is 12.7 Å². The van der Waals surface area contributed by atoms with Gasteiger partial charge >= 0.3 is 11.8 Å². The Kier molecular flexibility index (Phi) is 4.89. The van der Waals surface area contributed by atoms with Crippen LogP contribution in [0.15, 0.2) is 6.20 Å². The van der Waals surface area contributed by atoms with Crippen LogP contribution >= 0.6 is 0 Å². The third-order valence-corrected chi connectivity index (χ3v) is 4.01. The van der Waals surface area contributed by atoms with Gasteiger partial charge in [-0.25, -0.2) is 9.55 Å². The van der Waals surface area contributed by atoms with Gasteiger partial charge in [-0.1, -0.05) is 12.8 Å². The zero-order valence-electron chi connectivity index (χ0n) is 12.1. The number of aliphatic carboxylic acids is 1. The van der Waals surface area contributed by atoms with Gasteiger partial charge in [0, 0.05) is 19.5 Å². The van der Waals surface area contributed by atoms with Crippen molar-refractivity contribution in [3.63, 3.8) is 0 Å². The monoisotopic (exact) mass is 296 g/mol. The van der Waals surface area contributed by atoms with Crippen LogP contribution < -0.4 is 0 Å². The normalized spacial score (nSPS) is 15.7. The number of carboxylic acid groups (broad SMARTS) is 1. The minimum absolute atomic E-state index is 0.0216. The van der Waals surface area contributed by atoms with Crippen LogP contribution in [0.5, 0.6) is 0 Å². The molecule has 0 spiro atoms. The van der Waals surface area contributed by atoms with E-state index in [9.17, 15) is 14.9 Å². The number of aryl methyl sites for hydroxylation is 1. The zero-order chi connectivity index (χ0) is 15.4. The molecule has 1 N–H and O–H groups in total. The molecule has 1 aliphatic rings. The molecule has 8 nitrogen and oxygen atoms in total. The summed E-state index contributed by atoms with van der Waals surface area (Å²) in [6.45, 7) is 2.55. The van der Waals surface area contributed by atoms with Crippen molar-refractivity contribution in [2.45, 2.75) is 45.2 Å². The Morgan fingerprint density at radius 1 is 1.57 bits per heavy atom. The second kappa shape index (κ2) is 6.66. The van der Waals surface area contributed by atoms with E-state index in [-0.39, 0.29) is 18.4 Å². The third kappa shape index (κ3) is 3.78. The minimum atomic E-state index is -0.862. The van der Waals surface area contributed by atoms with Crippen molar-refractivity contribution in [2.75, 3.05) is 13.1 Å². The lowest BCUT2D eigenvalue weighted by Gasteiger charge is -2.26. The maximum absolute atomic E-state index is 11.0. The van der Waals surface area contributed by atoms with Gasteiger partial charge in [0.05, 0.1) is 6.54 Å². The van der Waals surface area contributed by atoms with Crippen molar-refractivity contribution in [3.8, 4) is 0 Å². The zero-order valence-corrected chi connectivity index (χ0v) is 12.1. The van der Waals surface area contributed by atoms with E-state index in [2.05, 4.69) is 4.98 Å². The summed E-state index contributed by atoms with van der Waals surface area (Å²) in [5, 5.41) is 20.0. The Labute approximate surface area is 122 Å². The number of carboxylic acids is 1. The lowest BCUT2D eigenvalue weighted by molar-refractivity contribution is -0.392. The van der Waals surface area contributed by atoms with Crippen molar-refractivity contribution >= 4 is 11.8 Å². The van der Waals surface area contributed by atoms with Gasteiger partial charge in [-0.15, -0.1) is 0 Å². The molecular weight excluding hydrogens is 276 g/mol. The number of imidazole rings is 1. The number of aromatic nitrogens is 2. The van der Waals surface area contributed by atoms with Gasteiger partial charge in [0.2, 0.25) is 0 Å². The average molecular weight is 296 g/mol. The summed E-state index contributed by atoms with van der Waals surface area (Å²) in [4.78, 5) is 27.4. The van der Waals surface area contributed by atoms with E-state index >= 15 is 0 Å². The summed E-state index contributed by atoms with van der Waals surface area (Å²) in [6, 6.07) is 0.268. The van der Waals surface area contributed by atoms with E-state index < -0.39 is 10.9 Å². The number of nitrogens with zero attached hydrogens (tertiary/aromatic N) is 4. The van der Waals surface area contributed by atoms with Gasteiger partial charge in [0.25, 0.3) is 0 Å². The summed E-state index contributed by atoms with van der Waals surface area (Å²) in [5.41, 5.74) is 0. The maximum atomic E-state index is 11.0. The second-order valence-electron chi connectivity index (χ2n) is 5.37. The van der Waals surface area contributed by atoms with Gasteiger partial charge in [-0.2, -0.15) is 0 Å². The molecule has 0 bridgehead atoms. The summed E-state index contributed by atoms with van der Waals surface area (Å²) < 4.78 is 1.53. The summed E-state index contributed by atoms with van der Waals surface area (Å²) in [6.07, 6.45) is 5.47. The molecule has 1 aromatic rings. The Morgan fingerprint density at radius 2 is 2.24 bits per heavy atom. The Hall–Kier alpha value is -1.96. The van der Waals surface area contributed by atoms with E-state index in [1.165, 1.54) is 10.8 Å². The molecule has 8 heteroatoms. The fourth-order valence-electron chi connectivity index (χ4n) is 2.94. The van der Waals surface area contributed by atoms with Crippen molar-refractivity contribution in [1.29, 1.82) is 0 Å². The summed E-state index contributed by atoms with van der Waals surface area (Å²) in [5.74, 6) is -0.337. The van der Waals surface area contributed by atoms with Crippen LogP contribution in [0.3, 0.4) is 0 Å². The lowest BCUT2D eigenvalue weighted by Crippen LogP contribution is -2.39. The molecule has 0 aliphatic heterocycles. The van der Waals surface area contributed by atoms with Crippen molar-refractivity contribution in [2.24, 2.45) is 0 Å². The highest BCUT2D eigenvalue weighted by atomic mass is 16.6. The molecule has 0 amide bonds. The first kappa shape index (κ1) is 15.4. The molecule has 1 aromatic heterocycles. The topological polar surface area (TPSA) is 102 Å². The molecular formula is C13H20N4O4. The number of hydrogen-bond donors (Lipinski definition) is 1. The molecule has 1 heterocycles. The quantitative estimate of drug-likeness (QED) is 0.603. The van der Waals surface area contributed by atoms with Crippen LogP contribution in [0.2, 0.25) is 0 Å². The van der Waals surface area contributed by atoms with Crippen LogP contribution in [0, 0.1) is 17.0 Å². The van der Waals surface area contributed by atoms with E-state index in [1.807, 2.05) is 4.90 Å². The van der Waals surface area contributed by atoms with E-state index in [0.717, 1.165) is 25.7 Å². The van der Waals surface area contributed by atoms with E-state index in [0.29, 0.717) is 18.9 Å². The molecule has 0 atom stereocenters. The number of carbonyl (C=O) groups is 1. The number of rotatable bonds is 7. The largest absolute Gasteiger partial charge is 0.480 e. The van der Waals surface area contributed by atoms with E-state index in [4.69, 9.17) is 5.11 Å². The average Bonchev–Trinajstić information content (AvgIpc) is 3.03. The molecule has 0 unspecified atom stereocenters. The second-order valence-corrected chi connectivity index (χ2v) is 5.37. The van der Waals surface area contributed by atoms with E-state index in [1.54, 1.807) is 6.92 Å². The first-order chi connectivity index (χ1) is 9.99. The Balaban J connectivity index is 2.05. The molecule has 1 aliphatic carbocycles. The minimum Gasteiger partial charge on any atom is -0.480 e. The summed E-state index contributed by atoms with van der Waals surface area (Å²) >= 11 is 0. The third-order valence-electron chi connectivity index (χ3n) is 4.01. The maximum Gasteiger partial charge on any atom is 0.342 e. The fourth-order valence-corrected chi connectivity index (χ4v) is 2.94. The predicted octanol–water partition coefficient (Wildman–Crippen LogP) is 1.43. The Bertz CT molecular complexity index is 522. The van der Waals surface area contributed by atoms with Gasteiger partial charge in [-0.05, 0) is 17.8 Å². The van der Waals surface area contributed by atoms with Gasteiger partial charge in [-0.3, -0.25) is 9.69 Å². The van der Waals surface area contributed by atoms with Crippen molar-refractivity contribution in [3.05, 3.63) is 22.1 Å². The first-order valence-corrected chi connectivity index (χ1v) is 7.11. The summed E-state index contributed by atoms with van der Waals surface area (Å²) in [7, 11) is 0. The number of nitro groups is 1. The number of hydrogen-bond acceptors (Lipinski definition) is 5. The fraction of sp³-hybridized carbons (Fsp3) is 0.692. The Morgan fingerprint density at radius 3 is 2.81 bits per heavy atom. The van der Waals surface area contributed by atoms with Gasteiger partial charge in [0.15, 0.2) is 5.82 Å². The van der Waals surface area contributed by atoms with Crippen molar-refractivity contribution in [1.82, 2.24) is 14.5 Å². The smallest absolute Gasteiger partial charge is 0.342 e. The predicted molar refractivity (Wildman–Crippen MR) is 75.1 cm³/mol. The highest BCUT2D eigenvalue weighted by Crippen LogP contribution is 2.23. The molecule has 116 valence electrons. The van der Waals surface area contributed by atoms with Gasteiger partial charge < -0.3 is 15.2 Å². The molecule has 0 radical (unpaired) electrons. The highest BCUT2D eigenvalue weighted by molar-refractivity contribution is 5.69. The van der Waals surface area contributed by atoms with Crippen LogP contribution in [0.25, 0.3) is 0 Å².